The third kappa shape index (κ3) is 3.16. The number of benzene rings is 1. The first-order valence-corrected chi connectivity index (χ1v) is 7.97. The minimum absolute atomic E-state index is 0.136. The van der Waals surface area contributed by atoms with E-state index in [1.807, 2.05) is 25.2 Å². The Balaban J connectivity index is 1.65. The fraction of sp³-hybridized carbons (Fsp3) is 0.588. The molecule has 2 N–H and O–H groups in total. The van der Waals surface area contributed by atoms with Gasteiger partial charge in [0, 0.05) is 13.1 Å². The van der Waals surface area contributed by atoms with Gasteiger partial charge in [-0.25, -0.2) is 0 Å². The second-order valence-electron chi connectivity index (χ2n) is 6.38. The number of hydrogen-bond donors (Lipinski definition) is 2. The summed E-state index contributed by atoms with van der Waals surface area (Å²) in [5, 5.41) is 13.8. The van der Waals surface area contributed by atoms with Gasteiger partial charge in [0.1, 0.15) is 11.7 Å². The van der Waals surface area contributed by atoms with Crippen molar-refractivity contribution in [2.75, 3.05) is 33.3 Å². The molecule has 22 heavy (non-hydrogen) atoms. The van der Waals surface area contributed by atoms with Gasteiger partial charge in [-0.05, 0) is 37.4 Å². The van der Waals surface area contributed by atoms with Gasteiger partial charge in [0.25, 0.3) is 5.91 Å². The number of aryl methyl sites for hydroxylation is 1. The van der Waals surface area contributed by atoms with Crippen LogP contribution >= 0.6 is 0 Å². The summed E-state index contributed by atoms with van der Waals surface area (Å²) < 4.78 is 5.52. The van der Waals surface area contributed by atoms with Gasteiger partial charge in [-0.15, -0.1) is 0 Å². The molecule has 2 atom stereocenters. The molecule has 1 heterocycles. The molecule has 2 aliphatic rings. The number of amides is 1. The normalized spacial score (nSPS) is 28.9. The smallest absolute Gasteiger partial charge is 0.250 e. The predicted octanol–water partition coefficient (Wildman–Crippen LogP) is 0.657. The van der Waals surface area contributed by atoms with Gasteiger partial charge >= 0.3 is 0 Å². The van der Waals surface area contributed by atoms with Crippen molar-refractivity contribution < 1.29 is 14.6 Å². The SMILES string of the molecule is CN1CCOC(C(=O)NCC2(O)CCCc3ccccc32)C1. The molecular weight excluding hydrogens is 280 g/mol. The Bertz CT molecular complexity index is 548. The van der Waals surface area contributed by atoms with Crippen LogP contribution in [-0.4, -0.2) is 55.3 Å². The van der Waals surface area contributed by atoms with E-state index < -0.39 is 11.7 Å². The fourth-order valence-electron chi connectivity index (χ4n) is 3.37. The van der Waals surface area contributed by atoms with Crippen LogP contribution in [0.15, 0.2) is 24.3 Å². The van der Waals surface area contributed by atoms with Crippen LogP contribution in [0, 0.1) is 0 Å². The number of nitrogens with one attached hydrogen (secondary N) is 1. The summed E-state index contributed by atoms with van der Waals surface area (Å²) in [6, 6.07) is 7.96. The number of ether oxygens (including phenoxy) is 1. The Labute approximate surface area is 131 Å². The van der Waals surface area contributed by atoms with Crippen molar-refractivity contribution >= 4 is 5.91 Å². The number of morpholine rings is 1. The highest BCUT2D eigenvalue weighted by Gasteiger charge is 2.35. The van der Waals surface area contributed by atoms with Crippen LogP contribution in [0.1, 0.15) is 24.0 Å². The first kappa shape index (κ1) is 15.5. The first-order chi connectivity index (χ1) is 10.6. The molecule has 0 spiro atoms. The number of hydrogen-bond acceptors (Lipinski definition) is 4. The van der Waals surface area contributed by atoms with Crippen LogP contribution in [-0.2, 0) is 21.6 Å². The number of rotatable bonds is 3. The van der Waals surface area contributed by atoms with E-state index in [0.29, 0.717) is 19.6 Å². The topological polar surface area (TPSA) is 61.8 Å². The standard InChI is InChI=1S/C17H24N2O3/c1-19-9-10-22-15(11-19)16(20)18-12-17(21)8-4-6-13-5-2-3-7-14(13)17/h2-3,5,7,15,21H,4,6,8-12H2,1H3,(H,18,20). The van der Waals surface area contributed by atoms with Gasteiger partial charge in [0.05, 0.1) is 13.2 Å². The average molecular weight is 304 g/mol. The van der Waals surface area contributed by atoms with E-state index in [-0.39, 0.29) is 12.5 Å². The highest BCUT2D eigenvalue weighted by Crippen LogP contribution is 2.34. The van der Waals surface area contributed by atoms with Crippen molar-refractivity contribution in [3.8, 4) is 0 Å². The number of carbonyl (C=O) groups is 1. The molecule has 5 heteroatoms. The lowest BCUT2D eigenvalue weighted by Crippen LogP contribution is -2.51. The van der Waals surface area contributed by atoms with E-state index >= 15 is 0 Å². The molecule has 1 amide bonds. The van der Waals surface area contributed by atoms with E-state index in [4.69, 9.17) is 4.74 Å². The maximum atomic E-state index is 12.3. The fourth-order valence-corrected chi connectivity index (χ4v) is 3.37. The molecule has 0 bridgehead atoms. The molecule has 5 nitrogen and oxygen atoms in total. The van der Waals surface area contributed by atoms with Crippen LogP contribution in [0.3, 0.4) is 0 Å². The summed E-state index contributed by atoms with van der Waals surface area (Å²) in [6.07, 6.45) is 2.16. The van der Waals surface area contributed by atoms with Crippen molar-refractivity contribution in [3.63, 3.8) is 0 Å². The number of fused-ring (bicyclic) bond motifs is 1. The largest absolute Gasteiger partial charge is 0.383 e. The van der Waals surface area contributed by atoms with Crippen LogP contribution in [0.5, 0.6) is 0 Å². The highest BCUT2D eigenvalue weighted by atomic mass is 16.5. The molecule has 1 aliphatic heterocycles. The van der Waals surface area contributed by atoms with Gasteiger partial charge in [0.2, 0.25) is 0 Å². The van der Waals surface area contributed by atoms with Crippen LogP contribution in [0.2, 0.25) is 0 Å². The Kier molecular flexibility index (Phi) is 4.47. The second kappa shape index (κ2) is 6.36. The molecule has 1 aromatic carbocycles. The zero-order valence-corrected chi connectivity index (χ0v) is 13.0. The number of likely N-dealkylation sites (N-methyl/N-ethyl adjacent to an activating group) is 1. The van der Waals surface area contributed by atoms with Crippen LogP contribution in [0.4, 0.5) is 0 Å². The predicted molar refractivity (Wildman–Crippen MR) is 83.5 cm³/mol. The molecule has 120 valence electrons. The maximum absolute atomic E-state index is 12.3. The van der Waals surface area contributed by atoms with Crippen molar-refractivity contribution in [1.29, 1.82) is 0 Å². The molecule has 1 saturated heterocycles. The Morgan fingerprint density at radius 3 is 3.14 bits per heavy atom. The zero-order valence-electron chi connectivity index (χ0n) is 13.0. The first-order valence-electron chi connectivity index (χ1n) is 7.97. The van der Waals surface area contributed by atoms with Gasteiger partial charge < -0.3 is 20.1 Å². The second-order valence-corrected chi connectivity index (χ2v) is 6.38. The molecule has 1 aromatic rings. The molecule has 1 aliphatic carbocycles. The molecule has 2 unspecified atom stereocenters. The van der Waals surface area contributed by atoms with E-state index in [9.17, 15) is 9.90 Å². The highest BCUT2D eigenvalue weighted by molar-refractivity contribution is 5.81. The minimum atomic E-state index is -0.967. The third-order valence-electron chi connectivity index (χ3n) is 4.67. The summed E-state index contributed by atoms with van der Waals surface area (Å²) in [4.78, 5) is 14.3. The zero-order chi connectivity index (χ0) is 15.6. The lowest BCUT2D eigenvalue weighted by atomic mass is 9.79. The summed E-state index contributed by atoms with van der Waals surface area (Å²) >= 11 is 0. The van der Waals surface area contributed by atoms with E-state index in [1.165, 1.54) is 5.56 Å². The van der Waals surface area contributed by atoms with Gasteiger partial charge in [-0.2, -0.15) is 0 Å². The monoisotopic (exact) mass is 304 g/mol. The molecule has 0 radical (unpaired) electrons. The maximum Gasteiger partial charge on any atom is 0.250 e. The molecule has 3 rings (SSSR count). The molecular formula is C17H24N2O3. The summed E-state index contributed by atoms with van der Waals surface area (Å²) in [5.74, 6) is -0.136. The van der Waals surface area contributed by atoms with Crippen molar-refractivity contribution in [2.45, 2.75) is 31.0 Å². The Morgan fingerprint density at radius 2 is 2.32 bits per heavy atom. The lowest BCUT2D eigenvalue weighted by Gasteiger charge is -2.35. The third-order valence-corrected chi connectivity index (χ3v) is 4.67. The van der Waals surface area contributed by atoms with Crippen LogP contribution < -0.4 is 5.32 Å². The average Bonchev–Trinajstić information content (AvgIpc) is 2.53. The Hall–Kier alpha value is -1.43. The van der Waals surface area contributed by atoms with Gasteiger partial charge in [-0.1, -0.05) is 24.3 Å². The molecule has 1 fully saturated rings. The Morgan fingerprint density at radius 1 is 1.50 bits per heavy atom. The van der Waals surface area contributed by atoms with Gasteiger partial charge in [0.15, 0.2) is 0 Å². The van der Waals surface area contributed by atoms with Crippen LogP contribution in [0.25, 0.3) is 0 Å². The summed E-state index contributed by atoms with van der Waals surface area (Å²) in [6.45, 7) is 2.26. The van der Waals surface area contributed by atoms with Crippen molar-refractivity contribution in [2.24, 2.45) is 0 Å². The van der Waals surface area contributed by atoms with E-state index in [0.717, 1.165) is 24.9 Å². The quantitative estimate of drug-likeness (QED) is 0.861. The molecule has 0 saturated carbocycles. The van der Waals surface area contributed by atoms with Gasteiger partial charge in [-0.3, -0.25) is 4.79 Å². The van der Waals surface area contributed by atoms with Crippen molar-refractivity contribution in [3.05, 3.63) is 35.4 Å². The lowest BCUT2D eigenvalue weighted by molar-refractivity contribution is -0.139. The summed E-state index contributed by atoms with van der Waals surface area (Å²) in [5.41, 5.74) is 1.16. The minimum Gasteiger partial charge on any atom is -0.383 e. The molecule has 0 aromatic heterocycles. The summed E-state index contributed by atoms with van der Waals surface area (Å²) in [7, 11) is 1.98. The van der Waals surface area contributed by atoms with E-state index in [1.54, 1.807) is 0 Å². The van der Waals surface area contributed by atoms with Crippen molar-refractivity contribution in [1.82, 2.24) is 10.2 Å². The number of aliphatic hydroxyl groups is 1. The number of carbonyl (C=O) groups excluding carboxylic acids is 1. The van der Waals surface area contributed by atoms with E-state index in [2.05, 4.69) is 16.3 Å². The number of nitrogens with zero attached hydrogens (tertiary/aromatic N) is 1.